The SMILES string of the molecule is C1=C\CCc2ccccc2C\C=C/1.CCNN=C1c2ccccc2-c2ccccc21.COC(=O)/C=C/C(=O)C(C)(C)C. The summed E-state index contributed by atoms with van der Waals surface area (Å²) >= 11 is 0. The van der Waals surface area contributed by atoms with Crippen LogP contribution in [0, 0.1) is 5.41 Å². The summed E-state index contributed by atoms with van der Waals surface area (Å²) in [5.74, 6) is -0.597. The third kappa shape index (κ3) is 9.27. The fraction of sp³-hybridized carbons (Fsp3) is 0.270. The number of carbonyl (C=O) groups is 2. The van der Waals surface area contributed by atoms with Crippen LogP contribution in [0.3, 0.4) is 0 Å². The van der Waals surface area contributed by atoms with E-state index >= 15 is 0 Å². The number of ether oxygens (including phenoxy) is 1. The Morgan fingerprint density at radius 3 is 1.93 bits per heavy atom. The minimum absolute atomic E-state index is 0.0899. The number of hydrogen-bond donors (Lipinski definition) is 1. The highest BCUT2D eigenvalue weighted by Gasteiger charge is 2.23. The second-order valence-corrected chi connectivity index (χ2v) is 10.9. The van der Waals surface area contributed by atoms with Crippen LogP contribution in [0.15, 0.2) is 114 Å². The molecule has 0 fully saturated rings. The number of benzene rings is 3. The fourth-order valence-electron chi connectivity index (χ4n) is 4.42. The third-order valence-electron chi connectivity index (χ3n) is 6.73. The molecule has 2 aliphatic carbocycles. The van der Waals surface area contributed by atoms with Gasteiger partial charge in [0.2, 0.25) is 0 Å². The second-order valence-electron chi connectivity index (χ2n) is 10.9. The zero-order valence-electron chi connectivity index (χ0n) is 25.4. The Morgan fingerprint density at radius 1 is 0.810 bits per heavy atom. The Labute approximate surface area is 250 Å². The van der Waals surface area contributed by atoms with E-state index in [2.05, 4.69) is 119 Å². The molecule has 0 saturated heterocycles. The number of nitrogens with one attached hydrogen (secondary N) is 1. The van der Waals surface area contributed by atoms with Crippen molar-refractivity contribution >= 4 is 17.5 Å². The van der Waals surface area contributed by atoms with Crippen molar-refractivity contribution in [3.05, 3.63) is 132 Å². The van der Waals surface area contributed by atoms with Crippen molar-refractivity contribution in [3.8, 4) is 11.1 Å². The molecule has 0 amide bonds. The van der Waals surface area contributed by atoms with E-state index in [-0.39, 0.29) is 5.78 Å². The number of carbonyl (C=O) groups excluding carboxylic acids is 2. The smallest absolute Gasteiger partial charge is 0.330 e. The Bertz CT molecular complexity index is 1420. The monoisotopic (exact) mass is 562 g/mol. The molecule has 0 spiro atoms. The number of hydrazone groups is 1. The van der Waals surface area contributed by atoms with Crippen LogP contribution in [0.5, 0.6) is 0 Å². The van der Waals surface area contributed by atoms with Crippen molar-refractivity contribution in [2.24, 2.45) is 10.5 Å². The van der Waals surface area contributed by atoms with Gasteiger partial charge < -0.3 is 10.2 Å². The summed E-state index contributed by atoms with van der Waals surface area (Å²) < 4.78 is 4.34. The standard InChI is InChI=1S/C15H14N2.C13H14.C9H14O3/c1-2-16-17-15-13-9-5-3-7-11(13)12-8-4-6-10-14(12)15;1-2-4-8-12-10-6-7-11-13(12)9-5-3-1;1-9(2,3)7(10)5-6-8(11)12-4/h3-10,16H,2H2,1H3;1-4,6-7,10-11H,5,8-9H2;5-6H,1-4H3/b;3-1-,4-2-;6-5+. The lowest BCUT2D eigenvalue weighted by molar-refractivity contribution is -0.135. The van der Waals surface area contributed by atoms with Gasteiger partial charge >= 0.3 is 5.97 Å². The first-order chi connectivity index (χ1) is 20.3. The lowest BCUT2D eigenvalue weighted by Crippen LogP contribution is -2.17. The highest BCUT2D eigenvalue weighted by Crippen LogP contribution is 2.36. The molecule has 5 nitrogen and oxygen atoms in total. The van der Waals surface area contributed by atoms with E-state index in [1.54, 1.807) is 20.8 Å². The molecule has 2 aliphatic rings. The topological polar surface area (TPSA) is 67.8 Å². The van der Waals surface area contributed by atoms with E-state index < -0.39 is 11.4 Å². The largest absolute Gasteiger partial charge is 0.466 e. The minimum atomic E-state index is -0.507. The van der Waals surface area contributed by atoms with Crippen LogP contribution < -0.4 is 5.43 Å². The first-order valence-electron chi connectivity index (χ1n) is 14.4. The van der Waals surface area contributed by atoms with Crippen LogP contribution in [0.2, 0.25) is 0 Å². The average Bonchev–Trinajstić information content (AvgIpc) is 3.37. The molecule has 218 valence electrons. The van der Waals surface area contributed by atoms with Crippen LogP contribution in [-0.2, 0) is 27.2 Å². The van der Waals surface area contributed by atoms with Gasteiger partial charge in [0.1, 0.15) is 0 Å². The molecular formula is C37H42N2O3. The van der Waals surface area contributed by atoms with Crippen molar-refractivity contribution in [2.75, 3.05) is 13.7 Å². The van der Waals surface area contributed by atoms with Gasteiger partial charge in [-0.05, 0) is 54.5 Å². The Hall–Kier alpha value is -4.51. The van der Waals surface area contributed by atoms with Gasteiger partial charge in [-0.2, -0.15) is 5.10 Å². The lowest BCUT2D eigenvalue weighted by Gasteiger charge is -2.12. The predicted octanol–water partition coefficient (Wildman–Crippen LogP) is 7.65. The molecule has 1 N–H and O–H groups in total. The second kappa shape index (κ2) is 16.1. The first-order valence-corrected chi connectivity index (χ1v) is 14.4. The van der Waals surface area contributed by atoms with Crippen LogP contribution >= 0.6 is 0 Å². The summed E-state index contributed by atoms with van der Waals surface area (Å²) in [6.45, 7) is 8.26. The van der Waals surface area contributed by atoms with Gasteiger partial charge in [0.05, 0.1) is 12.8 Å². The molecule has 3 aromatic carbocycles. The summed E-state index contributed by atoms with van der Waals surface area (Å²) in [6, 6.07) is 25.6. The summed E-state index contributed by atoms with van der Waals surface area (Å²) in [5, 5.41) is 4.49. The van der Waals surface area contributed by atoms with Crippen molar-refractivity contribution < 1.29 is 14.3 Å². The molecule has 0 unspecified atom stereocenters. The Morgan fingerprint density at radius 2 is 1.36 bits per heavy atom. The fourth-order valence-corrected chi connectivity index (χ4v) is 4.42. The molecule has 0 aliphatic heterocycles. The molecule has 0 aromatic heterocycles. The van der Waals surface area contributed by atoms with Crippen LogP contribution in [0.4, 0.5) is 0 Å². The van der Waals surface area contributed by atoms with E-state index in [9.17, 15) is 9.59 Å². The van der Waals surface area contributed by atoms with Gasteiger partial charge in [0.25, 0.3) is 0 Å². The third-order valence-corrected chi connectivity index (χ3v) is 6.73. The normalized spacial score (nSPS) is 14.5. The van der Waals surface area contributed by atoms with Crippen LogP contribution in [-0.4, -0.2) is 31.1 Å². The van der Waals surface area contributed by atoms with Gasteiger partial charge in [0.15, 0.2) is 5.78 Å². The van der Waals surface area contributed by atoms with Gasteiger partial charge in [-0.1, -0.05) is 118 Å². The van der Waals surface area contributed by atoms with Gasteiger partial charge in [-0.15, -0.1) is 0 Å². The number of aryl methyl sites for hydroxylation is 1. The first kappa shape index (κ1) is 32.0. The van der Waals surface area contributed by atoms with Crippen molar-refractivity contribution in [1.82, 2.24) is 5.43 Å². The summed E-state index contributed by atoms with van der Waals surface area (Å²) in [6.07, 6.45) is 14.5. The van der Waals surface area contributed by atoms with Crippen molar-refractivity contribution in [3.63, 3.8) is 0 Å². The maximum Gasteiger partial charge on any atom is 0.330 e. The summed E-state index contributed by atoms with van der Waals surface area (Å²) in [5.41, 5.74) is 11.6. The van der Waals surface area contributed by atoms with Gasteiger partial charge in [0, 0.05) is 29.2 Å². The van der Waals surface area contributed by atoms with E-state index in [4.69, 9.17) is 0 Å². The van der Waals surface area contributed by atoms with Crippen molar-refractivity contribution in [1.29, 1.82) is 0 Å². The number of ketones is 1. The zero-order chi connectivity index (χ0) is 30.4. The predicted molar refractivity (Wildman–Crippen MR) is 174 cm³/mol. The molecule has 5 heteroatoms. The minimum Gasteiger partial charge on any atom is -0.466 e. The number of rotatable bonds is 4. The number of hydrogen-bond acceptors (Lipinski definition) is 5. The van der Waals surface area contributed by atoms with E-state index in [0.29, 0.717) is 0 Å². The molecule has 0 radical (unpaired) electrons. The summed E-state index contributed by atoms with van der Waals surface area (Å²) in [7, 11) is 1.27. The maximum atomic E-state index is 11.2. The van der Waals surface area contributed by atoms with Gasteiger partial charge in [-0.3, -0.25) is 4.79 Å². The molecule has 0 atom stereocenters. The zero-order valence-corrected chi connectivity index (χ0v) is 25.4. The molecule has 0 saturated carbocycles. The van der Waals surface area contributed by atoms with Crippen LogP contribution in [0.1, 0.15) is 56.4 Å². The average molecular weight is 563 g/mol. The molecule has 3 aromatic rings. The number of methoxy groups -OCH3 is 1. The highest BCUT2D eigenvalue weighted by molar-refractivity contribution is 6.24. The van der Waals surface area contributed by atoms with E-state index in [1.807, 2.05) is 0 Å². The Balaban J connectivity index is 0.000000177. The number of fused-ring (bicyclic) bond motifs is 4. The molecule has 5 rings (SSSR count). The number of esters is 1. The Kier molecular flexibility index (Phi) is 12.2. The van der Waals surface area contributed by atoms with Gasteiger partial charge in [-0.25, -0.2) is 4.79 Å². The molecular weight excluding hydrogens is 520 g/mol. The lowest BCUT2D eigenvalue weighted by atomic mass is 9.91. The molecule has 0 heterocycles. The molecule has 42 heavy (non-hydrogen) atoms. The van der Waals surface area contributed by atoms with Crippen LogP contribution in [0.25, 0.3) is 11.1 Å². The van der Waals surface area contributed by atoms with E-state index in [0.717, 1.165) is 31.2 Å². The quantitative estimate of drug-likeness (QED) is 0.158. The highest BCUT2D eigenvalue weighted by atomic mass is 16.5. The number of nitrogens with zero attached hydrogens (tertiary/aromatic N) is 1. The summed E-state index contributed by atoms with van der Waals surface area (Å²) in [4.78, 5) is 21.8. The van der Waals surface area contributed by atoms with E-state index in [1.165, 1.54) is 53.0 Å². The number of allylic oxidation sites excluding steroid dienone is 5. The van der Waals surface area contributed by atoms with Crippen molar-refractivity contribution in [2.45, 2.75) is 47.0 Å². The molecule has 0 bridgehead atoms. The maximum absolute atomic E-state index is 11.2.